The van der Waals surface area contributed by atoms with Crippen molar-refractivity contribution >= 4 is 17.5 Å². The summed E-state index contributed by atoms with van der Waals surface area (Å²) in [6.07, 6.45) is 0. The molecule has 1 fully saturated rings. The molecule has 2 amide bonds. The van der Waals surface area contributed by atoms with Gasteiger partial charge in [-0.2, -0.15) is 0 Å². The summed E-state index contributed by atoms with van der Waals surface area (Å²) in [7, 11) is 4.62. The van der Waals surface area contributed by atoms with Gasteiger partial charge in [0.2, 0.25) is 17.6 Å². The minimum absolute atomic E-state index is 0.0167. The molecule has 25 heavy (non-hydrogen) atoms. The zero-order chi connectivity index (χ0) is 18.4. The topological polar surface area (TPSA) is 80.3 Å². The molecule has 1 aliphatic rings. The number of anilines is 1. The zero-order valence-electron chi connectivity index (χ0n) is 15.1. The number of carbonyl (C=O) groups is 2. The van der Waals surface area contributed by atoms with Crippen molar-refractivity contribution in [2.45, 2.75) is 6.92 Å². The lowest BCUT2D eigenvalue weighted by Crippen LogP contribution is -2.51. The normalized spacial score (nSPS) is 14.1. The molecule has 0 bridgehead atoms. The number of amides is 2. The monoisotopic (exact) mass is 351 g/mol. The fourth-order valence-corrected chi connectivity index (χ4v) is 2.74. The number of hydrogen-bond acceptors (Lipinski definition) is 6. The van der Waals surface area contributed by atoms with Crippen molar-refractivity contribution in [1.29, 1.82) is 0 Å². The van der Waals surface area contributed by atoms with E-state index in [1.807, 2.05) is 0 Å². The maximum atomic E-state index is 12.4. The minimum Gasteiger partial charge on any atom is -0.493 e. The molecule has 1 saturated heterocycles. The van der Waals surface area contributed by atoms with Gasteiger partial charge in [0.15, 0.2) is 11.5 Å². The summed E-state index contributed by atoms with van der Waals surface area (Å²) in [4.78, 5) is 27.2. The van der Waals surface area contributed by atoms with Crippen LogP contribution in [0.5, 0.6) is 17.2 Å². The number of methoxy groups -OCH3 is 3. The van der Waals surface area contributed by atoms with E-state index in [1.54, 1.807) is 43.1 Å². The van der Waals surface area contributed by atoms with E-state index in [1.165, 1.54) is 7.11 Å². The first-order chi connectivity index (χ1) is 12.0. The lowest BCUT2D eigenvalue weighted by Gasteiger charge is -2.34. The highest BCUT2D eigenvalue weighted by atomic mass is 16.5. The Morgan fingerprint density at radius 2 is 1.48 bits per heavy atom. The van der Waals surface area contributed by atoms with Crippen LogP contribution in [0.4, 0.5) is 5.69 Å². The molecule has 0 saturated carbocycles. The molecule has 2 rings (SSSR count). The number of rotatable bonds is 6. The third kappa shape index (κ3) is 4.46. The van der Waals surface area contributed by atoms with Gasteiger partial charge in [-0.3, -0.25) is 9.59 Å². The first-order valence-corrected chi connectivity index (χ1v) is 8.07. The third-order valence-electron chi connectivity index (χ3n) is 4.19. The van der Waals surface area contributed by atoms with E-state index in [4.69, 9.17) is 14.2 Å². The number of piperazine rings is 1. The van der Waals surface area contributed by atoms with E-state index in [0.29, 0.717) is 49.1 Å². The molecule has 138 valence electrons. The van der Waals surface area contributed by atoms with Crippen LogP contribution in [0.15, 0.2) is 12.1 Å². The van der Waals surface area contributed by atoms with Crippen molar-refractivity contribution in [3.05, 3.63) is 12.1 Å². The smallest absolute Gasteiger partial charge is 0.241 e. The summed E-state index contributed by atoms with van der Waals surface area (Å²) < 4.78 is 15.9. The SMILES string of the molecule is COc1cc(NCC(=O)N2CCN(C(C)=O)CC2)cc(OC)c1OC. The van der Waals surface area contributed by atoms with Gasteiger partial charge in [0, 0.05) is 50.9 Å². The molecular weight excluding hydrogens is 326 g/mol. The van der Waals surface area contributed by atoms with Crippen LogP contribution < -0.4 is 19.5 Å². The second-order valence-electron chi connectivity index (χ2n) is 5.65. The van der Waals surface area contributed by atoms with Gasteiger partial charge in [0.1, 0.15) is 0 Å². The summed E-state index contributed by atoms with van der Waals surface area (Å²) in [5.74, 6) is 1.57. The largest absolute Gasteiger partial charge is 0.493 e. The first-order valence-electron chi connectivity index (χ1n) is 8.07. The van der Waals surface area contributed by atoms with Crippen molar-refractivity contribution in [3.8, 4) is 17.2 Å². The highest BCUT2D eigenvalue weighted by Gasteiger charge is 2.22. The van der Waals surface area contributed by atoms with Gasteiger partial charge < -0.3 is 29.3 Å². The van der Waals surface area contributed by atoms with E-state index >= 15 is 0 Å². The van der Waals surface area contributed by atoms with Gasteiger partial charge in [0.05, 0.1) is 27.9 Å². The predicted octanol–water partition coefficient (Wildman–Crippen LogP) is 0.815. The van der Waals surface area contributed by atoms with Crippen molar-refractivity contribution in [1.82, 2.24) is 9.80 Å². The van der Waals surface area contributed by atoms with Crippen molar-refractivity contribution in [3.63, 3.8) is 0 Å². The van der Waals surface area contributed by atoms with E-state index in [2.05, 4.69) is 5.32 Å². The van der Waals surface area contributed by atoms with Gasteiger partial charge in [-0.25, -0.2) is 0 Å². The summed E-state index contributed by atoms with van der Waals surface area (Å²) in [5, 5.41) is 3.09. The molecule has 0 aliphatic carbocycles. The number of ether oxygens (including phenoxy) is 3. The van der Waals surface area contributed by atoms with Crippen LogP contribution in [0.3, 0.4) is 0 Å². The van der Waals surface area contributed by atoms with E-state index in [-0.39, 0.29) is 18.4 Å². The van der Waals surface area contributed by atoms with Gasteiger partial charge >= 0.3 is 0 Å². The molecule has 8 heteroatoms. The summed E-state index contributed by atoms with van der Waals surface area (Å²) in [6, 6.07) is 3.50. The summed E-state index contributed by atoms with van der Waals surface area (Å²) in [5.41, 5.74) is 0.699. The van der Waals surface area contributed by atoms with E-state index in [0.717, 1.165) is 0 Å². The Morgan fingerprint density at radius 3 is 1.92 bits per heavy atom. The lowest BCUT2D eigenvalue weighted by molar-refractivity contribution is -0.137. The standard InChI is InChI=1S/C17H25N3O5/c1-12(21)19-5-7-20(8-6-19)16(22)11-18-13-9-14(23-2)17(25-4)15(10-13)24-3/h9-10,18H,5-8,11H2,1-4H3. The molecule has 1 aliphatic heterocycles. The average molecular weight is 351 g/mol. The second kappa shape index (κ2) is 8.46. The maximum Gasteiger partial charge on any atom is 0.241 e. The molecule has 1 aromatic carbocycles. The van der Waals surface area contributed by atoms with Crippen LogP contribution in [0.1, 0.15) is 6.92 Å². The van der Waals surface area contributed by atoms with Crippen LogP contribution >= 0.6 is 0 Å². The van der Waals surface area contributed by atoms with Crippen LogP contribution in [0.25, 0.3) is 0 Å². The van der Waals surface area contributed by atoms with Crippen molar-refractivity contribution in [2.24, 2.45) is 0 Å². The Labute approximate surface area is 147 Å². The highest BCUT2D eigenvalue weighted by Crippen LogP contribution is 2.39. The van der Waals surface area contributed by atoms with Gasteiger partial charge in [-0.1, -0.05) is 0 Å². The molecular formula is C17H25N3O5. The van der Waals surface area contributed by atoms with Crippen molar-refractivity contribution in [2.75, 3.05) is 59.4 Å². The highest BCUT2D eigenvalue weighted by molar-refractivity contribution is 5.82. The maximum absolute atomic E-state index is 12.4. The van der Waals surface area contributed by atoms with Crippen LogP contribution in [-0.4, -0.2) is 75.7 Å². The number of hydrogen-bond donors (Lipinski definition) is 1. The number of carbonyl (C=O) groups excluding carboxylic acids is 2. The van der Waals surface area contributed by atoms with Crippen molar-refractivity contribution < 1.29 is 23.8 Å². The summed E-state index contributed by atoms with van der Waals surface area (Å²) >= 11 is 0. The molecule has 1 N–H and O–H groups in total. The van der Waals surface area contributed by atoms with E-state index < -0.39 is 0 Å². The number of benzene rings is 1. The molecule has 8 nitrogen and oxygen atoms in total. The lowest BCUT2D eigenvalue weighted by atomic mass is 10.2. The second-order valence-corrected chi connectivity index (χ2v) is 5.65. The quantitative estimate of drug-likeness (QED) is 0.817. The Hall–Kier alpha value is -2.64. The van der Waals surface area contributed by atoms with E-state index in [9.17, 15) is 9.59 Å². The first kappa shape index (κ1) is 18.7. The Kier molecular flexibility index (Phi) is 6.32. The number of nitrogens with zero attached hydrogens (tertiary/aromatic N) is 2. The van der Waals surface area contributed by atoms with Gasteiger partial charge in [-0.05, 0) is 0 Å². The molecule has 1 heterocycles. The molecule has 0 unspecified atom stereocenters. The average Bonchev–Trinajstić information content (AvgIpc) is 2.64. The Balaban J connectivity index is 1.97. The fraction of sp³-hybridized carbons (Fsp3) is 0.529. The predicted molar refractivity (Wildman–Crippen MR) is 93.4 cm³/mol. The number of nitrogens with one attached hydrogen (secondary N) is 1. The van der Waals surface area contributed by atoms with Gasteiger partial charge in [0.25, 0.3) is 0 Å². The molecule has 0 atom stereocenters. The Bertz CT molecular complexity index is 602. The van der Waals surface area contributed by atoms with Crippen LogP contribution in [0.2, 0.25) is 0 Å². The molecule has 0 radical (unpaired) electrons. The molecule has 1 aromatic rings. The Morgan fingerprint density at radius 1 is 0.960 bits per heavy atom. The van der Waals surface area contributed by atoms with Crippen LogP contribution in [-0.2, 0) is 9.59 Å². The fourth-order valence-electron chi connectivity index (χ4n) is 2.74. The van der Waals surface area contributed by atoms with Gasteiger partial charge in [-0.15, -0.1) is 0 Å². The van der Waals surface area contributed by atoms with Crippen LogP contribution in [0, 0.1) is 0 Å². The zero-order valence-corrected chi connectivity index (χ0v) is 15.1. The molecule has 0 aromatic heterocycles. The third-order valence-corrected chi connectivity index (χ3v) is 4.19. The summed E-state index contributed by atoms with van der Waals surface area (Å²) in [6.45, 7) is 3.95. The molecule has 0 spiro atoms. The minimum atomic E-state index is -0.0167.